The van der Waals surface area contributed by atoms with E-state index in [-0.39, 0.29) is 6.10 Å². The van der Waals surface area contributed by atoms with Crippen LogP contribution in [0.5, 0.6) is 17.2 Å². The third-order valence-corrected chi connectivity index (χ3v) is 3.62. The van der Waals surface area contributed by atoms with Gasteiger partial charge >= 0.3 is 5.97 Å². The zero-order valence-corrected chi connectivity index (χ0v) is 13.1. The zero-order valence-electron chi connectivity index (χ0n) is 13.1. The third kappa shape index (κ3) is 3.23. The lowest BCUT2D eigenvalue weighted by atomic mass is 10.1. The molecule has 2 aromatic rings. The van der Waals surface area contributed by atoms with Crippen LogP contribution in [0.4, 0.5) is 0 Å². The van der Waals surface area contributed by atoms with E-state index in [1.165, 1.54) is 7.11 Å². The highest BCUT2D eigenvalue weighted by Gasteiger charge is 2.22. The molecule has 0 aliphatic carbocycles. The van der Waals surface area contributed by atoms with Crippen LogP contribution >= 0.6 is 0 Å². The van der Waals surface area contributed by atoms with Crippen molar-refractivity contribution in [1.29, 1.82) is 0 Å². The van der Waals surface area contributed by atoms with Gasteiger partial charge in [-0.1, -0.05) is 30.3 Å². The fraction of sp³-hybridized carbons (Fsp3) is 0.278. The number of rotatable bonds is 4. The molecule has 0 saturated carbocycles. The van der Waals surface area contributed by atoms with Gasteiger partial charge in [0, 0.05) is 0 Å². The van der Waals surface area contributed by atoms with Crippen LogP contribution in [0.3, 0.4) is 0 Å². The van der Waals surface area contributed by atoms with Gasteiger partial charge in [-0.25, -0.2) is 4.79 Å². The SMILES string of the molecule is COc1cc(C(=O)O[C@@H](C)c2ccccc2)cc2c1OCCO2. The third-order valence-electron chi connectivity index (χ3n) is 3.62. The molecule has 0 unspecified atom stereocenters. The van der Waals surface area contributed by atoms with Gasteiger partial charge in [0.1, 0.15) is 19.3 Å². The number of carbonyl (C=O) groups is 1. The Morgan fingerprint density at radius 2 is 1.87 bits per heavy atom. The first-order valence-corrected chi connectivity index (χ1v) is 7.42. The highest BCUT2D eigenvalue weighted by atomic mass is 16.6. The summed E-state index contributed by atoms with van der Waals surface area (Å²) in [5.74, 6) is 1.04. The molecule has 5 heteroatoms. The number of ether oxygens (including phenoxy) is 4. The van der Waals surface area contributed by atoms with Crippen LogP contribution in [0.15, 0.2) is 42.5 Å². The first-order chi connectivity index (χ1) is 11.2. The Balaban J connectivity index is 1.82. The maximum absolute atomic E-state index is 12.4. The molecule has 120 valence electrons. The molecule has 0 bridgehead atoms. The Kier molecular flexibility index (Phi) is 4.37. The lowest BCUT2D eigenvalue weighted by molar-refractivity contribution is 0.0336. The molecule has 1 heterocycles. The van der Waals surface area contributed by atoms with Gasteiger partial charge in [-0.3, -0.25) is 0 Å². The number of carbonyl (C=O) groups excluding carboxylic acids is 1. The van der Waals surface area contributed by atoms with Gasteiger partial charge in [-0.05, 0) is 24.6 Å². The fourth-order valence-electron chi connectivity index (χ4n) is 2.41. The minimum Gasteiger partial charge on any atom is -0.493 e. The summed E-state index contributed by atoms with van der Waals surface area (Å²) in [4.78, 5) is 12.4. The van der Waals surface area contributed by atoms with Crippen molar-refractivity contribution in [3.63, 3.8) is 0 Å². The van der Waals surface area contributed by atoms with E-state index in [4.69, 9.17) is 18.9 Å². The fourth-order valence-corrected chi connectivity index (χ4v) is 2.41. The average molecular weight is 314 g/mol. The highest BCUT2D eigenvalue weighted by Crippen LogP contribution is 2.40. The average Bonchev–Trinajstić information content (AvgIpc) is 2.61. The molecule has 1 atom stereocenters. The smallest absolute Gasteiger partial charge is 0.339 e. The van der Waals surface area contributed by atoms with E-state index < -0.39 is 5.97 Å². The van der Waals surface area contributed by atoms with Crippen LogP contribution in [-0.4, -0.2) is 26.3 Å². The summed E-state index contributed by atoms with van der Waals surface area (Å²) in [6.07, 6.45) is -0.345. The molecule has 5 nitrogen and oxygen atoms in total. The number of fused-ring (bicyclic) bond motifs is 1. The van der Waals surface area contributed by atoms with Crippen molar-refractivity contribution in [2.75, 3.05) is 20.3 Å². The summed E-state index contributed by atoms with van der Waals surface area (Å²) in [7, 11) is 1.52. The Morgan fingerprint density at radius 3 is 2.61 bits per heavy atom. The Bertz CT molecular complexity index is 679. The maximum atomic E-state index is 12.4. The molecule has 1 aliphatic rings. The van der Waals surface area contributed by atoms with Crippen LogP contribution in [0.25, 0.3) is 0 Å². The van der Waals surface area contributed by atoms with E-state index >= 15 is 0 Å². The predicted octanol–water partition coefficient (Wildman–Crippen LogP) is 3.38. The van der Waals surface area contributed by atoms with Gasteiger partial charge in [0.05, 0.1) is 12.7 Å². The Hall–Kier alpha value is -2.69. The van der Waals surface area contributed by atoms with Gasteiger partial charge in [0.25, 0.3) is 0 Å². The van der Waals surface area contributed by atoms with Gasteiger partial charge in [0.15, 0.2) is 11.5 Å². The quantitative estimate of drug-likeness (QED) is 0.810. The first-order valence-electron chi connectivity index (χ1n) is 7.42. The summed E-state index contributed by atoms with van der Waals surface area (Å²) in [6, 6.07) is 12.8. The molecule has 23 heavy (non-hydrogen) atoms. The van der Waals surface area contributed by atoms with E-state index in [2.05, 4.69) is 0 Å². The van der Waals surface area contributed by atoms with Crippen LogP contribution in [0, 0.1) is 0 Å². The molecule has 0 saturated heterocycles. The van der Waals surface area contributed by atoms with E-state index in [1.54, 1.807) is 12.1 Å². The molecule has 1 aliphatic heterocycles. The molecule has 0 aromatic heterocycles. The van der Waals surface area contributed by atoms with Gasteiger partial charge in [-0.2, -0.15) is 0 Å². The van der Waals surface area contributed by atoms with Crippen molar-refractivity contribution in [1.82, 2.24) is 0 Å². The number of hydrogen-bond donors (Lipinski definition) is 0. The van der Waals surface area contributed by atoms with Gasteiger partial charge < -0.3 is 18.9 Å². The number of hydrogen-bond acceptors (Lipinski definition) is 5. The second kappa shape index (κ2) is 6.60. The van der Waals surface area contributed by atoms with Crippen LogP contribution < -0.4 is 14.2 Å². The number of benzene rings is 2. The van der Waals surface area contributed by atoms with E-state index in [1.807, 2.05) is 37.3 Å². The van der Waals surface area contributed by atoms with Gasteiger partial charge in [-0.15, -0.1) is 0 Å². The lowest BCUT2D eigenvalue weighted by Crippen LogP contribution is -2.17. The van der Waals surface area contributed by atoms with E-state index in [9.17, 15) is 4.79 Å². The predicted molar refractivity (Wildman–Crippen MR) is 84.3 cm³/mol. The summed E-state index contributed by atoms with van der Waals surface area (Å²) < 4.78 is 21.9. The molecule has 0 N–H and O–H groups in total. The molecule has 3 rings (SSSR count). The van der Waals surface area contributed by atoms with E-state index in [0.29, 0.717) is 36.0 Å². The minimum atomic E-state index is -0.434. The lowest BCUT2D eigenvalue weighted by Gasteiger charge is -2.21. The normalized spacial score (nSPS) is 14.0. The second-order valence-electron chi connectivity index (χ2n) is 5.16. The first kappa shape index (κ1) is 15.2. The minimum absolute atomic E-state index is 0.345. The number of methoxy groups -OCH3 is 1. The molecule has 2 aromatic carbocycles. The zero-order chi connectivity index (χ0) is 16.2. The van der Waals surface area contributed by atoms with Crippen molar-refractivity contribution >= 4 is 5.97 Å². The van der Waals surface area contributed by atoms with Crippen LogP contribution in [0.2, 0.25) is 0 Å². The van der Waals surface area contributed by atoms with Crippen molar-refractivity contribution in [2.45, 2.75) is 13.0 Å². The summed E-state index contributed by atoms with van der Waals surface area (Å²) in [6.45, 7) is 2.73. The van der Waals surface area contributed by atoms with Crippen molar-refractivity contribution < 1.29 is 23.7 Å². The molecule has 0 fully saturated rings. The van der Waals surface area contributed by atoms with Crippen LogP contribution in [-0.2, 0) is 4.74 Å². The van der Waals surface area contributed by atoms with Crippen LogP contribution in [0.1, 0.15) is 28.9 Å². The maximum Gasteiger partial charge on any atom is 0.339 e. The second-order valence-corrected chi connectivity index (χ2v) is 5.16. The highest BCUT2D eigenvalue weighted by molar-refractivity contribution is 5.91. The largest absolute Gasteiger partial charge is 0.493 e. The monoisotopic (exact) mass is 314 g/mol. The van der Waals surface area contributed by atoms with Crippen molar-refractivity contribution in [3.05, 3.63) is 53.6 Å². The number of esters is 1. The molecule has 0 amide bonds. The summed E-state index contributed by atoms with van der Waals surface area (Å²) >= 11 is 0. The van der Waals surface area contributed by atoms with Crippen molar-refractivity contribution in [2.24, 2.45) is 0 Å². The Labute approximate surface area is 134 Å². The standard InChI is InChI=1S/C18H18O5/c1-12(13-6-4-3-5-7-13)23-18(19)14-10-15(20-2)17-16(11-14)21-8-9-22-17/h3-7,10-12H,8-9H2,1-2H3/t12-/m0/s1. The summed E-state index contributed by atoms with van der Waals surface area (Å²) in [5, 5.41) is 0. The molecular formula is C18H18O5. The molecule has 0 radical (unpaired) electrons. The molecular weight excluding hydrogens is 296 g/mol. The van der Waals surface area contributed by atoms with E-state index in [0.717, 1.165) is 5.56 Å². The topological polar surface area (TPSA) is 54.0 Å². The van der Waals surface area contributed by atoms with Gasteiger partial charge in [0.2, 0.25) is 5.75 Å². The Morgan fingerprint density at radius 1 is 1.13 bits per heavy atom. The van der Waals surface area contributed by atoms with Crippen molar-refractivity contribution in [3.8, 4) is 17.2 Å². The molecule has 0 spiro atoms. The summed E-state index contributed by atoms with van der Waals surface area (Å²) in [5.41, 5.74) is 1.30.